The lowest BCUT2D eigenvalue weighted by Gasteiger charge is -2.26. The maximum Gasteiger partial charge on any atom is 0.0982 e. The fourth-order valence-electron chi connectivity index (χ4n) is 1.30. The van der Waals surface area contributed by atoms with Gasteiger partial charge in [-0.25, -0.2) is 0 Å². The molecule has 0 radical (unpaired) electrons. The molecule has 1 unspecified atom stereocenters. The van der Waals surface area contributed by atoms with Gasteiger partial charge in [-0.05, 0) is 30.4 Å². The molecule has 0 fully saturated rings. The molecule has 1 aromatic heterocycles. The van der Waals surface area contributed by atoms with Crippen molar-refractivity contribution in [2.75, 3.05) is 0 Å². The Hall–Kier alpha value is -0.340. The molecule has 15 heavy (non-hydrogen) atoms. The number of rotatable bonds is 2. The summed E-state index contributed by atoms with van der Waals surface area (Å²) in [6, 6.07) is 4.20. The van der Waals surface area contributed by atoms with Crippen molar-refractivity contribution in [3.8, 4) is 0 Å². The first-order valence-electron chi connectivity index (χ1n) is 5.49. The molecular formula is C13H22OS. The summed E-state index contributed by atoms with van der Waals surface area (Å²) in [4.78, 5) is 2.40. The fraction of sp³-hybridized carbons (Fsp3) is 0.692. The van der Waals surface area contributed by atoms with Crippen LogP contribution in [-0.4, -0.2) is 5.11 Å². The van der Waals surface area contributed by atoms with Crippen molar-refractivity contribution in [2.24, 2.45) is 5.92 Å². The summed E-state index contributed by atoms with van der Waals surface area (Å²) in [6.45, 7) is 12.6. The monoisotopic (exact) mass is 226 g/mol. The average molecular weight is 226 g/mol. The SMILES string of the molecule is CC(C)C(C)(O)c1ccc(C(C)(C)C)s1. The molecule has 0 amide bonds. The predicted molar refractivity (Wildman–Crippen MR) is 67.4 cm³/mol. The van der Waals surface area contributed by atoms with Crippen LogP contribution >= 0.6 is 11.3 Å². The predicted octanol–water partition coefficient (Wildman–Crippen LogP) is 3.91. The van der Waals surface area contributed by atoms with Crippen LogP contribution in [0.1, 0.15) is 51.3 Å². The second-order valence-corrected chi connectivity index (χ2v) is 6.80. The smallest absolute Gasteiger partial charge is 0.0982 e. The first kappa shape index (κ1) is 12.7. The summed E-state index contributed by atoms with van der Waals surface area (Å²) < 4.78 is 0. The standard InChI is InChI=1S/C13H22OS/c1-9(2)13(6,14)11-8-7-10(15-11)12(3,4)5/h7-9,14H,1-6H3. The second-order valence-electron chi connectivity index (χ2n) is 5.72. The van der Waals surface area contributed by atoms with Crippen molar-refractivity contribution in [1.82, 2.24) is 0 Å². The Morgan fingerprint density at radius 1 is 1.07 bits per heavy atom. The van der Waals surface area contributed by atoms with Gasteiger partial charge in [0.05, 0.1) is 5.60 Å². The lowest BCUT2D eigenvalue weighted by Crippen LogP contribution is -2.26. The van der Waals surface area contributed by atoms with E-state index in [1.54, 1.807) is 11.3 Å². The van der Waals surface area contributed by atoms with E-state index in [2.05, 4.69) is 46.8 Å². The van der Waals surface area contributed by atoms with E-state index in [9.17, 15) is 5.11 Å². The second kappa shape index (κ2) is 3.91. The molecule has 0 saturated heterocycles. The molecule has 0 aromatic carbocycles. The maximum atomic E-state index is 10.4. The van der Waals surface area contributed by atoms with E-state index >= 15 is 0 Å². The van der Waals surface area contributed by atoms with Gasteiger partial charge in [0, 0.05) is 9.75 Å². The molecule has 0 aliphatic rings. The van der Waals surface area contributed by atoms with E-state index in [0.29, 0.717) is 0 Å². The van der Waals surface area contributed by atoms with E-state index < -0.39 is 5.60 Å². The quantitative estimate of drug-likeness (QED) is 0.810. The molecule has 0 aliphatic heterocycles. The summed E-state index contributed by atoms with van der Waals surface area (Å²) in [5.74, 6) is 0.240. The highest BCUT2D eigenvalue weighted by Gasteiger charge is 2.30. The van der Waals surface area contributed by atoms with Gasteiger partial charge < -0.3 is 5.11 Å². The zero-order valence-electron chi connectivity index (χ0n) is 10.6. The van der Waals surface area contributed by atoms with Crippen molar-refractivity contribution >= 4 is 11.3 Å². The van der Waals surface area contributed by atoms with Crippen LogP contribution in [0.15, 0.2) is 12.1 Å². The maximum absolute atomic E-state index is 10.4. The van der Waals surface area contributed by atoms with Crippen molar-refractivity contribution < 1.29 is 5.11 Å². The fourth-order valence-corrected chi connectivity index (χ4v) is 2.56. The van der Waals surface area contributed by atoms with Gasteiger partial charge in [0.2, 0.25) is 0 Å². The lowest BCUT2D eigenvalue weighted by molar-refractivity contribution is 0.0126. The molecular weight excluding hydrogens is 204 g/mol. The third kappa shape index (κ3) is 2.61. The number of aliphatic hydroxyl groups is 1. The van der Waals surface area contributed by atoms with E-state index in [1.807, 2.05) is 6.92 Å². The Morgan fingerprint density at radius 3 is 1.87 bits per heavy atom. The number of hydrogen-bond donors (Lipinski definition) is 1. The Labute approximate surface area is 97.2 Å². The minimum Gasteiger partial charge on any atom is -0.384 e. The van der Waals surface area contributed by atoms with Gasteiger partial charge >= 0.3 is 0 Å². The van der Waals surface area contributed by atoms with Gasteiger partial charge in [-0.3, -0.25) is 0 Å². The molecule has 1 heterocycles. The Balaban J connectivity index is 3.04. The van der Waals surface area contributed by atoms with Crippen molar-refractivity contribution in [1.29, 1.82) is 0 Å². The topological polar surface area (TPSA) is 20.2 Å². The first-order chi connectivity index (χ1) is 6.65. The molecule has 2 heteroatoms. The summed E-state index contributed by atoms with van der Waals surface area (Å²) >= 11 is 1.73. The third-order valence-electron chi connectivity index (χ3n) is 2.97. The van der Waals surface area contributed by atoms with Gasteiger partial charge in [0.1, 0.15) is 0 Å². The van der Waals surface area contributed by atoms with Gasteiger partial charge in [-0.15, -0.1) is 11.3 Å². The molecule has 0 aliphatic carbocycles. The largest absolute Gasteiger partial charge is 0.384 e. The van der Waals surface area contributed by atoms with Crippen molar-refractivity contribution in [2.45, 2.75) is 52.6 Å². The van der Waals surface area contributed by atoms with E-state index in [-0.39, 0.29) is 11.3 Å². The number of hydrogen-bond acceptors (Lipinski definition) is 2. The van der Waals surface area contributed by atoms with Crippen LogP contribution in [0.25, 0.3) is 0 Å². The normalized spacial score (nSPS) is 16.8. The summed E-state index contributed by atoms with van der Waals surface area (Å²) in [5.41, 5.74) is -0.524. The summed E-state index contributed by atoms with van der Waals surface area (Å²) in [5, 5.41) is 10.4. The van der Waals surface area contributed by atoms with Crippen LogP contribution in [0.5, 0.6) is 0 Å². The van der Waals surface area contributed by atoms with Crippen LogP contribution in [0.4, 0.5) is 0 Å². The zero-order chi connectivity index (χ0) is 11.9. The van der Waals surface area contributed by atoms with E-state index in [4.69, 9.17) is 0 Å². The number of thiophene rings is 1. The van der Waals surface area contributed by atoms with Gasteiger partial charge in [0.15, 0.2) is 0 Å². The van der Waals surface area contributed by atoms with Crippen LogP contribution in [0.2, 0.25) is 0 Å². The van der Waals surface area contributed by atoms with Crippen LogP contribution in [-0.2, 0) is 11.0 Å². The minimum absolute atomic E-state index is 0.177. The molecule has 1 rings (SSSR count). The molecule has 86 valence electrons. The average Bonchev–Trinajstić information content (AvgIpc) is 2.50. The Kier molecular flexibility index (Phi) is 3.32. The molecule has 0 bridgehead atoms. The van der Waals surface area contributed by atoms with Gasteiger partial charge in [0.25, 0.3) is 0 Å². The minimum atomic E-state index is -0.700. The zero-order valence-corrected chi connectivity index (χ0v) is 11.4. The van der Waals surface area contributed by atoms with E-state index in [0.717, 1.165) is 4.88 Å². The van der Waals surface area contributed by atoms with Crippen molar-refractivity contribution in [3.05, 3.63) is 21.9 Å². The van der Waals surface area contributed by atoms with Crippen LogP contribution in [0.3, 0.4) is 0 Å². The van der Waals surface area contributed by atoms with Gasteiger partial charge in [-0.2, -0.15) is 0 Å². The van der Waals surface area contributed by atoms with E-state index in [1.165, 1.54) is 4.88 Å². The van der Waals surface area contributed by atoms with Gasteiger partial charge in [-0.1, -0.05) is 34.6 Å². The third-order valence-corrected chi connectivity index (χ3v) is 4.71. The highest BCUT2D eigenvalue weighted by Crippen LogP contribution is 2.37. The highest BCUT2D eigenvalue weighted by atomic mass is 32.1. The summed E-state index contributed by atoms with van der Waals surface area (Å²) in [6.07, 6.45) is 0. The molecule has 1 aromatic rings. The summed E-state index contributed by atoms with van der Waals surface area (Å²) in [7, 11) is 0. The van der Waals surface area contributed by atoms with Crippen LogP contribution < -0.4 is 0 Å². The Bertz CT molecular complexity index is 329. The molecule has 1 N–H and O–H groups in total. The Morgan fingerprint density at radius 2 is 1.53 bits per heavy atom. The molecule has 0 saturated carbocycles. The first-order valence-corrected chi connectivity index (χ1v) is 6.30. The molecule has 1 atom stereocenters. The molecule has 0 spiro atoms. The molecule has 1 nitrogen and oxygen atoms in total. The highest BCUT2D eigenvalue weighted by molar-refractivity contribution is 7.12. The van der Waals surface area contributed by atoms with Crippen LogP contribution in [0, 0.1) is 5.92 Å². The lowest BCUT2D eigenvalue weighted by atomic mass is 9.90. The van der Waals surface area contributed by atoms with Crippen molar-refractivity contribution in [3.63, 3.8) is 0 Å².